The molecule has 6 rings (SSSR count). The number of carbonyl (C=O) groups excluding carboxylic acids is 1. The number of hydrogen-bond acceptors (Lipinski definition) is 4. The van der Waals surface area contributed by atoms with Gasteiger partial charge >= 0.3 is 6.03 Å². The van der Waals surface area contributed by atoms with Gasteiger partial charge in [-0.05, 0) is 63.2 Å². The Labute approximate surface area is 163 Å². The molecule has 4 aliphatic rings. The Balaban J connectivity index is 1.17. The highest BCUT2D eigenvalue weighted by atomic mass is 32.1. The number of carbonyl (C=O) groups is 1. The van der Waals surface area contributed by atoms with Crippen molar-refractivity contribution in [3.05, 3.63) is 28.5 Å². The molecule has 144 valence electrons. The van der Waals surface area contributed by atoms with Crippen molar-refractivity contribution in [2.24, 2.45) is 17.8 Å². The average molecular weight is 386 g/mol. The van der Waals surface area contributed by atoms with Crippen LogP contribution in [0.15, 0.2) is 17.9 Å². The fourth-order valence-electron chi connectivity index (χ4n) is 6.00. The highest BCUT2D eigenvalue weighted by Crippen LogP contribution is 2.55. The van der Waals surface area contributed by atoms with E-state index in [4.69, 9.17) is 0 Å². The van der Waals surface area contributed by atoms with Crippen molar-refractivity contribution in [3.63, 3.8) is 0 Å². The highest BCUT2D eigenvalue weighted by Gasteiger charge is 2.51. The lowest BCUT2D eigenvalue weighted by Gasteiger charge is -2.56. The van der Waals surface area contributed by atoms with E-state index >= 15 is 0 Å². The number of amides is 2. The zero-order valence-corrected chi connectivity index (χ0v) is 16.6. The summed E-state index contributed by atoms with van der Waals surface area (Å²) in [6.07, 6.45) is 12.2. The molecule has 0 aromatic carbocycles. The molecule has 0 radical (unpaired) electrons. The minimum absolute atomic E-state index is 0.0402. The number of aryl methyl sites for hydroxylation is 3. The van der Waals surface area contributed by atoms with E-state index < -0.39 is 0 Å². The van der Waals surface area contributed by atoms with Crippen molar-refractivity contribution in [1.82, 2.24) is 20.1 Å². The van der Waals surface area contributed by atoms with E-state index in [0.29, 0.717) is 0 Å². The van der Waals surface area contributed by atoms with E-state index in [1.165, 1.54) is 43.4 Å². The van der Waals surface area contributed by atoms with Crippen LogP contribution in [-0.4, -0.2) is 26.3 Å². The van der Waals surface area contributed by atoms with Gasteiger partial charge in [0.25, 0.3) is 0 Å². The molecule has 0 spiro atoms. The van der Waals surface area contributed by atoms with Crippen molar-refractivity contribution >= 4 is 23.1 Å². The van der Waals surface area contributed by atoms with Crippen LogP contribution in [0.2, 0.25) is 0 Å². The lowest BCUT2D eigenvalue weighted by molar-refractivity contribution is -0.0127. The van der Waals surface area contributed by atoms with Gasteiger partial charge in [-0.15, -0.1) is 11.3 Å². The number of nitrogens with zero attached hydrogens (tertiary/aromatic N) is 3. The molecule has 27 heavy (non-hydrogen) atoms. The average Bonchev–Trinajstić information content (AvgIpc) is 3.19. The second kappa shape index (κ2) is 6.62. The van der Waals surface area contributed by atoms with Gasteiger partial charge in [-0.3, -0.25) is 4.68 Å². The zero-order valence-electron chi connectivity index (χ0n) is 15.8. The minimum Gasteiger partial charge on any atom is -0.332 e. The molecule has 2 aromatic rings. The normalized spacial score (nSPS) is 31.2. The first kappa shape index (κ1) is 17.2. The Morgan fingerprint density at radius 1 is 1.26 bits per heavy atom. The summed E-state index contributed by atoms with van der Waals surface area (Å²) in [5, 5.41) is 10.7. The molecule has 2 N–H and O–H groups in total. The van der Waals surface area contributed by atoms with Gasteiger partial charge in [0.05, 0.1) is 23.1 Å². The van der Waals surface area contributed by atoms with Crippen LogP contribution in [0.1, 0.15) is 49.1 Å². The van der Waals surface area contributed by atoms with Gasteiger partial charge in [0.15, 0.2) is 0 Å². The van der Waals surface area contributed by atoms with Crippen molar-refractivity contribution in [2.75, 3.05) is 5.32 Å². The zero-order chi connectivity index (χ0) is 18.4. The predicted molar refractivity (Wildman–Crippen MR) is 106 cm³/mol. The molecule has 2 heterocycles. The van der Waals surface area contributed by atoms with E-state index in [1.807, 2.05) is 23.3 Å². The second-order valence-corrected chi connectivity index (χ2v) is 9.82. The number of anilines is 1. The quantitative estimate of drug-likeness (QED) is 0.818. The lowest BCUT2D eigenvalue weighted by Crippen LogP contribution is -2.60. The largest absolute Gasteiger partial charge is 0.332 e. The van der Waals surface area contributed by atoms with Crippen LogP contribution in [0.4, 0.5) is 10.5 Å². The maximum absolute atomic E-state index is 12.6. The molecule has 7 heteroatoms. The van der Waals surface area contributed by atoms with Gasteiger partial charge in [0.2, 0.25) is 0 Å². The van der Waals surface area contributed by atoms with Crippen LogP contribution in [0, 0.1) is 24.7 Å². The molecule has 0 atom stereocenters. The number of rotatable bonds is 5. The Kier molecular flexibility index (Phi) is 4.22. The van der Waals surface area contributed by atoms with Crippen LogP contribution in [0.5, 0.6) is 0 Å². The van der Waals surface area contributed by atoms with Crippen LogP contribution in [0.3, 0.4) is 0 Å². The van der Waals surface area contributed by atoms with Gasteiger partial charge in [0, 0.05) is 29.6 Å². The highest BCUT2D eigenvalue weighted by molar-refractivity contribution is 7.09. The Morgan fingerprint density at radius 2 is 1.96 bits per heavy atom. The topological polar surface area (TPSA) is 71.8 Å². The summed E-state index contributed by atoms with van der Waals surface area (Å²) in [5.41, 5.74) is 3.78. The molecule has 0 aliphatic heterocycles. The fraction of sp³-hybridized carbons (Fsp3) is 0.650. The van der Waals surface area contributed by atoms with Crippen molar-refractivity contribution in [2.45, 2.75) is 64.0 Å². The maximum atomic E-state index is 12.6. The third-order valence-electron chi connectivity index (χ3n) is 6.72. The van der Waals surface area contributed by atoms with E-state index in [0.717, 1.165) is 42.1 Å². The first-order chi connectivity index (χ1) is 13.1. The standard InChI is InChI=1S/C20H27N5OS/c1-13-18(27-12-21-13)2-3-25-11-17(10-22-25)23-19(26)24-20-7-14-4-15(8-20)6-16(5-14)9-20/h10-12,14-16H,2-9H2,1H3,(H2,23,24,26). The van der Waals surface area contributed by atoms with Crippen molar-refractivity contribution in [1.29, 1.82) is 0 Å². The number of nitrogens with one attached hydrogen (secondary N) is 2. The molecule has 4 aliphatic carbocycles. The Bertz CT molecular complexity index is 806. The summed E-state index contributed by atoms with van der Waals surface area (Å²) in [4.78, 5) is 18.2. The molecule has 4 fully saturated rings. The van der Waals surface area contributed by atoms with E-state index in [9.17, 15) is 4.79 Å². The number of thiazole rings is 1. The van der Waals surface area contributed by atoms with Crippen LogP contribution < -0.4 is 10.6 Å². The van der Waals surface area contributed by atoms with Crippen molar-refractivity contribution < 1.29 is 4.79 Å². The maximum Gasteiger partial charge on any atom is 0.319 e. The smallest absolute Gasteiger partial charge is 0.319 e. The van der Waals surface area contributed by atoms with Gasteiger partial charge < -0.3 is 10.6 Å². The monoisotopic (exact) mass is 385 g/mol. The van der Waals surface area contributed by atoms with Crippen LogP contribution >= 0.6 is 11.3 Å². The molecular weight excluding hydrogens is 358 g/mol. The molecular formula is C20H27N5OS. The number of hydrogen-bond donors (Lipinski definition) is 2. The Hall–Kier alpha value is -1.89. The van der Waals surface area contributed by atoms with Gasteiger partial charge in [-0.1, -0.05) is 0 Å². The third kappa shape index (κ3) is 3.49. The number of aromatic nitrogens is 3. The number of urea groups is 1. The summed E-state index contributed by atoms with van der Waals surface area (Å²) in [7, 11) is 0. The van der Waals surface area contributed by atoms with Gasteiger partial charge in [-0.25, -0.2) is 9.78 Å². The third-order valence-corrected chi connectivity index (χ3v) is 7.72. The van der Waals surface area contributed by atoms with Gasteiger partial charge in [0.1, 0.15) is 0 Å². The SMILES string of the molecule is Cc1ncsc1CCn1cc(NC(=O)NC23CC4CC(CC(C4)C2)C3)cn1. The summed E-state index contributed by atoms with van der Waals surface area (Å²) in [6.45, 7) is 2.83. The molecule has 0 unspecified atom stereocenters. The van der Waals surface area contributed by atoms with E-state index in [2.05, 4.69) is 20.7 Å². The molecule has 4 bridgehead atoms. The van der Waals surface area contributed by atoms with Crippen LogP contribution in [-0.2, 0) is 13.0 Å². The predicted octanol–water partition coefficient (Wildman–Crippen LogP) is 3.98. The molecule has 4 saturated carbocycles. The first-order valence-electron chi connectivity index (χ1n) is 10.1. The van der Waals surface area contributed by atoms with E-state index in [1.54, 1.807) is 17.5 Å². The summed E-state index contributed by atoms with van der Waals surface area (Å²) in [6, 6.07) is -0.0743. The Morgan fingerprint density at radius 3 is 2.59 bits per heavy atom. The van der Waals surface area contributed by atoms with Crippen LogP contribution in [0.25, 0.3) is 0 Å². The molecule has 0 saturated heterocycles. The lowest BCUT2D eigenvalue weighted by atomic mass is 9.53. The summed E-state index contributed by atoms with van der Waals surface area (Å²) >= 11 is 1.69. The molecule has 6 nitrogen and oxygen atoms in total. The van der Waals surface area contributed by atoms with E-state index in [-0.39, 0.29) is 11.6 Å². The molecule has 2 aromatic heterocycles. The van der Waals surface area contributed by atoms with Crippen molar-refractivity contribution in [3.8, 4) is 0 Å². The fourth-order valence-corrected chi connectivity index (χ4v) is 6.77. The molecule has 2 amide bonds. The van der Waals surface area contributed by atoms with Gasteiger partial charge in [-0.2, -0.15) is 5.10 Å². The first-order valence-corrected chi connectivity index (χ1v) is 11.0. The minimum atomic E-state index is -0.0743. The summed E-state index contributed by atoms with van der Waals surface area (Å²) < 4.78 is 1.89. The summed E-state index contributed by atoms with van der Waals surface area (Å²) in [5.74, 6) is 2.48. The second-order valence-electron chi connectivity index (χ2n) is 8.88.